The average Bonchev–Trinajstić information content (AvgIpc) is 2.75. The van der Waals surface area contributed by atoms with Crippen LogP contribution >= 0.6 is 23.1 Å². The Morgan fingerprint density at radius 3 is 2.71 bits per heavy atom. The number of H-pyrrole nitrogens is 1. The lowest BCUT2D eigenvalue weighted by molar-refractivity contribution is 0.902. The van der Waals surface area contributed by atoms with Gasteiger partial charge in [0.05, 0.1) is 10.6 Å². The third-order valence-electron chi connectivity index (χ3n) is 3.27. The van der Waals surface area contributed by atoms with Gasteiger partial charge < -0.3 is 4.98 Å². The van der Waals surface area contributed by atoms with Crippen molar-refractivity contribution in [2.75, 3.05) is 0 Å². The predicted molar refractivity (Wildman–Crippen MR) is 86.0 cm³/mol. The smallest absolute Gasteiger partial charge is 0.259 e. The number of hydrogen-bond donors (Lipinski definition) is 1. The van der Waals surface area contributed by atoms with E-state index in [2.05, 4.69) is 19.9 Å². The standard InChI is InChI=1S/C14H14N4OS2/c1-7-8(2)20-13-10(7)12(19)17-11(18-13)9(3)21-14-15-5-4-6-16-14/h4-6,9H,1-3H3,(H,17,18,19)/t9-/m0/s1. The Morgan fingerprint density at radius 2 is 2.00 bits per heavy atom. The first-order valence-corrected chi connectivity index (χ1v) is 8.19. The molecule has 0 unspecified atom stereocenters. The quantitative estimate of drug-likeness (QED) is 0.593. The second-order valence-corrected chi connectivity index (χ2v) is 7.22. The van der Waals surface area contributed by atoms with E-state index in [0.29, 0.717) is 16.4 Å². The summed E-state index contributed by atoms with van der Waals surface area (Å²) in [6.07, 6.45) is 3.40. The van der Waals surface area contributed by atoms with Gasteiger partial charge in [0.2, 0.25) is 0 Å². The van der Waals surface area contributed by atoms with Crippen LogP contribution in [0.25, 0.3) is 10.2 Å². The lowest BCUT2D eigenvalue weighted by Crippen LogP contribution is -2.12. The lowest BCUT2D eigenvalue weighted by atomic mass is 10.2. The topological polar surface area (TPSA) is 71.5 Å². The van der Waals surface area contributed by atoms with Crippen LogP contribution in [0, 0.1) is 13.8 Å². The van der Waals surface area contributed by atoms with E-state index in [0.717, 1.165) is 15.3 Å². The van der Waals surface area contributed by atoms with Gasteiger partial charge in [-0.05, 0) is 32.4 Å². The third-order valence-corrected chi connectivity index (χ3v) is 5.37. The summed E-state index contributed by atoms with van der Waals surface area (Å²) in [7, 11) is 0. The molecule has 1 atom stereocenters. The molecule has 0 amide bonds. The molecule has 7 heteroatoms. The van der Waals surface area contributed by atoms with E-state index in [1.807, 2.05) is 20.8 Å². The van der Waals surface area contributed by atoms with Crippen molar-refractivity contribution in [3.8, 4) is 0 Å². The third kappa shape index (κ3) is 2.71. The molecule has 5 nitrogen and oxygen atoms in total. The van der Waals surface area contributed by atoms with E-state index in [9.17, 15) is 4.79 Å². The maximum atomic E-state index is 12.3. The van der Waals surface area contributed by atoms with Gasteiger partial charge in [-0.3, -0.25) is 4.79 Å². The molecule has 3 rings (SSSR count). The molecule has 0 aliphatic rings. The number of nitrogens with one attached hydrogen (secondary N) is 1. The molecule has 0 fully saturated rings. The number of nitrogens with zero attached hydrogens (tertiary/aromatic N) is 3. The summed E-state index contributed by atoms with van der Waals surface area (Å²) in [4.78, 5) is 30.0. The average molecular weight is 318 g/mol. The Morgan fingerprint density at radius 1 is 1.29 bits per heavy atom. The Balaban J connectivity index is 1.99. The number of thiophene rings is 1. The molecule has 3 aromatic heterocycles. The zero-order chi connectivity index (χ0) is 15.0. The van der Waals surface area contributed by atoms with Crippen LogP contribution in [-0.4, -0.2) is 19.9 Å². The summed E-state index contributed by atoms with van der Waals surface area (Å²) in [5, 5.41) is 1.35. The summed E-state index contributed by atoms with van der Waals surface area (Å²) in [5.41, 5.74) is 0.945. The van der Waals surface area contributed by atoms with E-state index < -0.39 is 0 Å². The second kappa shape index (κ2) is 5.57. The van der Waals surface area contributed by atoms with E-state index in [4.69, 9.17) is 0 Å². The number of fused-ring (bicyclic) bond motifs is 1. The molecule has 0 bridgehead atoms. The first-order valence-electron chi connectivity index (χ1n) is 6.50. The van der Waals surface area contributed by atoms with E-state index >= 15 is 0 Å². The first-order chi connectivity index (χ1) is 10.1. The highest BCUT2D eigenvalue weighted by Gasteiger charge is 2.16. The van der Waals surface area contributed by atoms with Crippen molar-refractivity contribution < 1.29 is 0 Å². The Bertz CT molecular complexity index is 841. The van der Waals surface area contributed by atoms with Crippen LogP contribution in [0.1, 0.15) is 28.4 Å². The molecule has 3 aromatic rings. The molecule has 0 saturated heterocycles. The minimum absolute atomic E-state index is 0.0211. The Hall–Kier alpha value is -1.73. The number of hydrogen-bond acceptors (Lipinski definition) is 6. The SMILES string of the molecule is Cc1sc2nc([C@H](C)Sc3ncccn3)[nH]c(=O)c2c1C. The van der Waals surface area contributed by atoms with E-state index in [-0.39, 0.29) is 10.8 Å². The summed E-state index contributed by atoms with van der Waals surface area (Å²) < 4.78 is 0. The molecule has 0 radical (unpaired) electrons. The summed E-state index contributed by atoms with van der Waals surface area (Å²) in [5.74, 6) is 0.659. The maximum absolute atomic E-state index is 12.3. The molecular weight excluding hydrogens is 304 g/mol. The fourth-order valence-electron chi connectivity index (χ4n) is 2.02. The van der Waals surface area contributed by atoms with Gasteiger partial charge in [-0.2, -0.15) is 0 Å². The molecule has 21 heavy (non-hydrogen) atoms. The number of aromatic amines is 1. The Kier molecular flexibility index (Phi) is 3.77. The van der Waals surface area contributed by atoms with Crippen molar-refractivity contribution in [1.82, 2.24) is 19.9 Å². The number of aromatic nitrogens is 4. The fraction of sp³-hybridized carbons (Fsp3) is 0.286. The van der Waals surface area contributed by atoms with Crippen molar-refractivity contribution in [3.63, 3.8) is 0 Å². The van der Waals surface area contributed by atoms with Crippen LogP contribution in [0.4, 0.5) is 0 Å². The van der Waals surface area contributed by atoms with Gasteiger partial charge in [-0.25, -0.2) is 15.0 Å². The van der Waals surface area contributed by atoms with Gasteiger partial charge in [0.1, 0.15) is 10.7 Å². The van der Waals surface area contributed by atoms with E-state index in [1.165, 1.54) is 11.8 Å². The van der Waals surface area contributed by atoms with Crippen LogP contribution in [0.3, 0.4) is 0 Å². The molecule has 3 heterocycles. The minimum atomic E-state index is -0.0710. The monoisotopic (exact) mass is 318 g/mol. The van der Waals surface area contributed by atoms with Crippen molar-refractivity contribution in [1.29, 1.82) is 0 Å². The summed E-state index contributed by atoms with van der Waals surface area (Å²) in [6, 6.07) is 1.78. The normalized spacial score (nSPS) is 12.7. The highest BCUT2D eigenvalue weighted by Crippen LogP contribution is 2.32. The fourth-order valence-corrected chi connectivity index (χ4v) is 3.84. The molecule has 0 aromatic carbocycles. The summed E-state index contributed by atoms with van der Waals surface area (Å²) in [6.45, 7) is 5.95. The summed E-state index contributed by atoms with van der Waals surface area (Å²) >= 11 is 3.03. The van der Waals surface area contributed by atoms with Crippen molar-refractivity contribution in [3.05, 3.63) is 45.1 Å². The van der Waals surface area contributed by atoms with Gasteiger partial charge in [-0.1, -0.05) is 11.8 Å². The largest absolute Gasteiger partial charge is 0.309 e. The molecular formula is C14H14N4OS2. The van der Waals surface area contributed by atoms with Crippen LogP contribution in [0.2, 0.25) is 0 Å². The zero-order valence-electron chi connectivity index (χ0n) is 11.9. The van der Waals surface area contributed by atoms with Crippen molar-refractivity contribution in [2.24, 2.45) is 0 Å². The van der Waals surface area contributed by atoms with Gasteiger partial charge in [0.25, 0.3) is 5.56 Å². The van der Waals surface area contributed by atoms with Crippen LogP contribution in [-0.2, 0) is 0 Å². The molecule has 108 valence electrons. The maximum Gasteiger partial charge on any atom is 0.259 e. The van der Waals surface area contributed by atoms with E-state index in [1.54, 1.807) is 29.8 Å². The molecule has 0 aliphatic carbocycles. The van der Waals surface area contributed by atoms with Crippen molar-refractivity contribution >= 4 is 33.3 Å². The van der Waals surface area contributed by atoms with Gasteiger partial charge in [0.15, 0.2) is 5.16 Å². The highest BCUT2D eigenvalue weighted by atomic mass is 32.2. The van der Waals surface area contributed by atoms with Gasteiger partial charge in [0, 0.05) is 17.3 Å². The molecule has 0 aliphatic heterocycles. The van der Waals surface area contributed by atoms with Gasteiger partial charge in [-0.15, -0.1) is 11.3 Å². The van der Waals surface area contributed by atoms with Crippen LogP contribution < -0.4 is 5.56 Å². The number of rotatable bonds is 3. The van der Waals surface area contributed by atoms with Crippen LogP contribution in [0.5, 0.6) is 0 Å². The molecule has 1 N–H and O–H groups in total. The minimum Gasteiger partial charge on any atom is -0.309 e. The second-order valence-electron chi connectivity index (χ2n) is 4.71. The molecule has 0 saturated carbocycles. The van der Waals surface area contributed by atoms with Crippen molar-refractivity contribution in [2.45, 2.75) is 31.2 Å². The highest BCUT2D eigenvalue weighted by molar-refractivity contribution is 7.99. The van der Waals surface area contributed by atoms with Gasteiger partial charge >= 0.3 is 0 Å². The first kappa shape index (κ1) is 14.2. The lowest BCUT2D eigenvalue weighted by Gasteiger charge is -2.08. The Labute approximate surface area is 129 Å². The van der Waals surface area contributed by atoms with Crippen LogP contribution in [0.15, 0.2) is 28.4 Å². The zero-order valence-corrected chi connectivity index (χ0v) is 13.5. The number of aryl methyl sites for hydroxylation is 2. The molecule has 0 spiro atoms. The predicted octanol–water partition coefficient (Wildman–Crippen LogP) is 3.24. The number of thioether (sulfide) groups is 1.